The molecule has 1 N–H and O–H groups in total. The summed E-state index contributed by atoms with van der Waals surface area (Å²) in [5.41, 5.74) is 12.8. The molecule has 0 unspecified atom stereocenters. The molecule has 0 heterocycles. The molecule has 0 aliphatic heterocycles. The van der Waals surface area contributed by atoms with Crippen molar-refractivity contribution in [1.29, 1.82) is 0 Å². The van der Waals surface area contributed by atoms with E-state index in [0.717, 1.165) is 5.56 Å². The van der Waals surface area contributed by atoms with Gasteiger partial charge in [0.25, 0.3) is 0 Å². The first kappa shape index (κ1) is 41.1. The van der Waals surface area contributed by atoms with Crippen LogP contribution in [-0.2, 0) is 25.4 Å². The summed E-state index contributed by atoms with van der Waals surface area (Å²) in [6.07, 6.45) is 0. The third kappa shape index (κ3) is 10.3. The minimum Gasteiger partial charge on any atom is -0.114 e. The molecule has 0 aromatic heterocycles. The second kappa shape index (κ2) is 18.9. The molecular formula is C49H45Cl2OTi. The Balaban J connectivity index is 0.000000192. The van der Waals surface area contributed by atoms with Crippen LogP contribution < -0.4 is 0 Å². The van der Waals surface area contributed by atoms with Crippen LogP contribution >= 0.6 is 24.8 Å². The maximum atomic E-state index is 9.36. The maximum absolute atomic E-state index is 9.36. The predicted octanol–water partition coefficient (Wildman–Crippen LogP) is 13.6. The molecule has 0 amide bonds. The first-order valence-electron chi connectivity index (χ1n) is 17.4. The molecule has 0 fully saturated rings. The maximum Gasteiger partial charge on any atom is -0.0173 e. The number of aryl methyl sites for hydroxylation is 1. The number of halogens is 2. The van der Waals surface area contributed by atoms with E-state index in [0.29, 0.717) is 5.75 Å². The molecule has 0 saturated heterocycles. The van der Waals surface area contributed by atoms with E-state index < -0.39 is 0 Å². The summed E-state index contributed by atoms with van der Waals surface area (Å²) in [5.74, 6) is 0.361. The zero-order valence-electron chi connectivity index (χ0n) is 30.6. The first-order chi connectivity index (χ1) is 24.7. The summed E-state index contributed by atoms with van der Waals surface area (Å²) in [7, 11) is 0. The topological polar surface area (TPSA) is 20.2 Å². The number of phenolic OH excluding ortho intramolecular Hbond substituents is 1. The Morgan fingerprint density at radius 2 is 1.08 bits per heavy atom. The zero-order valence-corrected chi connectivity index (χ0v) is 33.8. The van der Waals surface area contributed by atoms with Gasteiger partial charge < -0.3 is 5.11 Å². The van der Waals surface area contributed by atoms with Crippen LogP contribution in [0.5, 0.6) is 5.75 Å². The van der Waals surface area contributed by atoms with E-state index in [1.54, 1.807) is 6.07 Å². The number of hydrogen-bond acceptors (Lipinski definition) is 1. The van der Waals surface area contributed by atoms with Gasteiger partial charge in [0.2, 0.25) is 0 Å². The van der Waals surface area contributed by atoms with Crippen molar-refractivity contribution in [3.05, 3.63) is 204 Å². The molecule has 265 valence electrons. The molecule has 2 aliphatic rings. The van der Waals surface area contributed by atoms with Crippen LogP contribution in [-0.4, -0.2) is 8.92 Å². The number of rotatable bonds is 4. The zero-order chi connectivity index (χ0) is 35.8. The van der Waals surface area contributed by atoms with Gasteiger partial charge in [-0.1, -0.05) is 116 Å². The largest absolute Gasteiger partial charge is 0.114 e. The van der Waals surface area contributed by atoms with E-state index in [-0.39, 0.29) is 30.2 Å². The Morgan fingerprint density at radius 1 is 0.547 bits per heavy atom. The fraction of sp³-hybridized carbons (Fsp3) is 0.102. The fourth-order valence-electron chi connectivity index (χ4n) is 6.37. The van der Waals surface area contributed by atoms with Gasteiger partial charge in [-0.2, -0.15) is 0 Å². The van der Waals surface area contributed by atoms with Crippen molar-refractivity contribution in [3.8, 4) is 39.1 Å². The quantitative estimate of drug-likeness (QED) is 0.140. The van der Waals surface area contributed by atoms with E-state index in [1.807, 2.05) is 25.1 Å². The van der Waals surface area contributed by atoms with Gasteiger partial charge in [0, 0.05) is 0 Å². The van der Waals surface area contributed by atoms with E-state index >= 15 is 0 Å². The number of benzene rings is 7. The Hall–Kier alpha value is -4.63. The van der Waals surface area contributed by atoms with Crippen LogP contribution in [0.3, 0.4) is 0 Å². The third-order valence-corrected chi connectivity index (χ3v) is 9.92. The number of aromatic hydroxyl groups is 1. The Morgan fingerprint density at radius 3 is 1.62 bits per heavy atom. The van der Waals surface area contributed by atoms with Gasteiger partial charge in [0.05, 0.1) is 0 Å². The molecule has 4 heteroatoms. The van der Waals surface area contributed by atoms with E-state index in [4.69, 9.17) is 0 Å². The number of hydrogen-bond donors (Lipinski definition) is 1. The van der Waals surface area contributed by atoms with Crippen molar-refractivity contribution in [2.75, 3.05) is 0 Å². The summed E-state index contributed by atoms with van der Waals surface area (Å²) in [5, 5.41) is 12.0. The van der Waals surface area contributed by atoms with Gasteiger partial charge in [-0.05, 0) is 57.5 Å². The summed E-state index contributed by atoms with van der Waals surface area (Å²) in [6.45, 7) is 8.42. The number of phenols is 1. The molecule has 6 aromatic carbocycles. The Labute approximate surface area is 338 Å². The molecule has 8 rings (SSSR count). The molecule has 0 bridgehead atoms. The fourth-order valence-corrected chi connectivity index (χ4v) is 6.89. The smallest absolute Gasteiger partial charge is 0.0173 e. The Kier molecular flexibility index (Phi) is 14.7. The summed E-state index contributed by atoms with van der Waals surface area (Å²) in [6, 6.07) is 63.5. The molecule has 0 atom stereocenters. The second-order valence-corrected chi connectivity index (χ2v) is 14.6. The van der Waals surface area contributed by atoms with Crippen LogP contribution in [0.25, 0.3) is 44.2 Å². The summed E-state index contributed by atoms with van der Waals surface area (Å²) < 4.78 is 1.33. The minimum atomic E-state index is 0. The van der Waals surface area contributed by atoms with Gasteiger partial charge in [-0.3, -0.25) is 0 Å². The van der Waals surface area contributed by atoms with Crippen LogP contribution in [0.4, 0.5) is 0 Å². The van der Waals surface area contributed by atoms with Gasteiger partial charge >= 0.3 is 95.6 Å². The monoisotopic (exact) mass is 767 g/mol. The average molecular weight is 769 g/mol. The van der Waals surface area contributed by atoms with Crippen molar-refractivity contribution < 1.29 is 25.1 Å². The van der Waals surface area contributed by atoms with Gasteiger partial charge in [-0.25, -0.2) is 0 Å². The standard InChI is InChI=1S/C25H17.C13H10.C11H16O.2ClH.Ti/c1-3-9-18(10-4-1)20-13-7-15-22-23-16-8-14-21(25(23)17-24(20)22)19-11-5-2-6-12-19;1-3-7-12(8-4-1)11-13-9-5-2-6-10-13;1-8-5-9(11(2,3)4)7-10(12)6-8;;;/h1-17H;1-10H;5-7,12H,1-4H3;2*1H;/q-1;;;;;+1. The first-order valence-corrected chi connectivity index (χ1v) is 18.2. The van der Waals surface area contributed by atoms with Gasteiger partial charge in [0.15, 0.2) is 0 Å². The molecule has 0 radical (unpaired) electrons. The second-order valence-electron chi connectivity index (χ2n) is 13.8. The molecule has 1 nitrogen and oxygen atoms in total. The molecule has 2 aliphatic carbocycles. The average Bonchev–Trinajstić information content (AvgIpc) is 3.55. The number of fused-ring (bicyclic) bond motifs is 3. The van der Waals surface area contributed by atoms with Crippen molar-refractivity contribution in [3.63, 3.8) is 0 Å². The molecule has 0 saturated carbocycles. The van der Waals surface area contributed by atoms with Gasteiger partial charge in [-0.15, -0.1) is 60.7 Å². The van der Waals surface area contributed by atoms with Crippen molar-refractivity contribution in [1.82, 2.24) is 0 Å². The van der Waals surface area contributed by atoms with Crippen molar-refractivity contribution in [2.24, 2.45) is 0 Å². The van der Waals surface area contributed by atoms with Crippen molar-refractivity contribution in [2.45, 2.75) is 33.1 Å². The summed E-state index contributed by atoms with van der Waals surface area (Å²) >= 11 is 2.16. The van der Waals surface area contributed by atoms with Crippen LogP contribution in [0, 0.1) is 6.92 Å². The van der Waals surface area contributed by atoms with Gasteiger partial charge in [0.1, 0.15) is 5.75 Å². The van der Waals surface area contributed by atoms with Crippen LogP contribution in [0.1, 0.15) is 43.0 Å². The predicted molar refractivity (Wildman–Crippen MR) is 229 cm³/mol. The van der Waals surface area contributed by atoms with Crippen LogP contribution in [0.15, 0.2) is 182 Å². The van der Waals surface area contributed by atoms with Crippen molar-refractivity contribution >= 4 is 39.4 Å². The normalized spacial score (nSPS) is 10.5. The summed E-state index contributed by atoms with van der Waals surface area (Å²) in [4.78, 5) is 0. The molecule has 0 spiro atoms. The molecule has 6 aromatic rings. The SMILES string of the molecule is Cc1cc(O)cc(C(C)(C)C)c1.Cl.Cl.[Ti+]=[C](c1ccccc1)c1ccccc1.c1ccc(-c2cccc3c4ccc[c-](-c5ccccc5)c-4cc23)cc1. The Bertz CT molecular complexity index is 2250. The minimum absolute atomic E-state index is 0. The van der Waals surface area contributed by atoms with E-state index in [1.165, 1.54) is 64.7 Å². The van der Waals surface area contributed by atoms with E-state index in [2.05, 4.69) is 198 Å². The van der Waals surface area contributed by atoms with Crippen LogP contribution in [0.2, 0.25) is 0 Å². The molecule has 53 heavy (non-hydrogen) atoms. The van der Waals surface area contributed by atoms with E-state index in [9.17, 15) is 5.11 Å². The molecular weight excluding hydrogens is 723 g/mol. The third-order valence-electron chi connectivity index (χ3n) is 9.01.